The van der Waals surface area contributed by atoms with Crippen LogP contribution in [-0.2, 0) is 43.2 Å². The molecule has 0 radical (unpaired) electrons. The van der Waals surface area contributed by atoms with Gasteiger partial charge in [-0.15, -0.1) is 0 Å². The maximum absolute atomic E-state index is 14.6. The van der Waals surface area contributed by atoms with Gasteiger partial charge in [0.05, 0.1) is 12.3 Å². The molecule has 4 aromatic rings. The minimum Gasteiger partial charge on any atom is -0.370 e. The van der Waals surface area contributed by atoms with Crippen LogP contribution >= 0.6 is 0 Å². The van der Waals surface area contributed by atoms with Crippen molar-refractivity contribution in [1.29, 1.82) is 0 Å². The molecule has 4 atom stereocenters. The smallest absolute Gasteiger partial charge is 0.246 e. The van der Waals surface area contributed by atoms with Crippen molar-refractivity contribution in [2.24, 2.45) is 17.4 Å². The van der Waals surface area contributed by atoms with Crippen molar-refractivity contribution < 1.29 is 24.0 Å². The molecule has 8 N–H and O–H groups in total. The normalized spacial score (nSPS) is 17.5. The second-order valence-corrected chi connectivity index (χ2v) is 12.9. The Morgan fingerprint density at radius 1 is 0.833 bits per heavy atom. The Bertz CT molecular complexity index is 1800. The highest BCUT2D eigenvalue weighted by molar-refractivity contribution is 5.99. The number of amides is 5. The molecular weight excluding hydrogens is 608 g/mol. The first-order valence-corrected chi connectivity index (χ1v) is 16.2. The Balaban J connectivity index is 1.50. The van der Waals surface area contributed by atoms with Crippen LogP contribution in [0.5, 0.6) is 0 Å². The van der Waals surface area contributed by atoms with Crippen molar-refractivity contribution in [3.8, 4) is 0 Å². The SMILES string of the molecule is CC(C)[C@H](NC(=O)[C@]1(NC(=O)C(Cc2ccccc2)c2ccccc2)CCc2[nH]c3ccccc3c2C1)C(=O)N[C@@H](CC(N)=O)C(N)=O. The molecule has 11 nitrogen and oxygen atoms in total. The van der Waals surface area contributed by atoms with Gasteiger partial charge in [0, 0.05) is 23.0 Å². The summed E-state index contributed by atoms with van der Waals surface area (Å²) in [5, 5.41) is 9.50. The fourth-order valence-electron chi connectivity index (χ4n) is 6.48. The lowest BCUT2D eigenvalue weighted by Crippen LogP contribution is -2.65. The number of hydrogen-bond donors (Lipinski definition) is 6. The molecular formula is C37H42N6O5. The topological polar surface area (TPSA) is 189 Å². The highest BCUT2D eigenvalue weighted by Gasteiger charge is 2.46. The van der Waals surface area contributed by atoms with Gasteiger partial charge in [-0.25, -0.2) is 0 Å². The first kappa shape index (κ1) is 33.9. The summed E-state index contributed by atoms with van der Waals surface area (Å²) < 4.78 is 0. The number of carbonyl (C=O) groups is 5. The summed E-state index contributed by atoms with van der Waals surface area (Å²) >= 11 is 0. The fraction of sp³-hybridized carbons (Fsp3) is 0.324. The molecule has 48 heavy (non-hydrogen) atoms. The number of nitrogens with one attached hydrogen (secondary N) is 4. The van der Waals surface area contributed by atoms with Crippen LogP contribution in [-0.4, -0.2) is 52.1 Å². The molecule has 0 spiro atoms. The predicted octanol–water partition coefficient (Wildman–Crippen LogP) is 2.52. The van der Waals surface area contributed by atoms with Crippen molar-refractivity contribution >= 4 is 40.4 Å². The number of aromatic amines is 1. The number of aromatic nitrogens is 1. The van der Waals surface area contributed by atoms with E-state index in [-0.39, 0.29) is 18.7 Å². The highest BCUT2D eigenvalue weighted by Crippen LogP contribution is 2.35. The molecule has 0 aliphatic heterocycles. The summed E-state index contributed by atoms with van der Waals surface area (Å²) in [5.41, 5.74) is 13.9. The zero-order chi connectivity index (χ0) is 34.4. The Kier molecular flexibility index (Phi) is 10.3. The molecule has 5 rings (SSSR count). The second-order valence-electron chi connectivity index (χ2n) is 12.9. The standard InChI is InChI=1S/C37H42N6O5/c1-22(2)32(35(47)41-30(33(39)45)20-31(38)44)42-36(48)37(18-17-29-27(21-37)25-15-9-10-16-28(25)40-29)43-34(46)26(24-13-7-4-8-14-24)19-23-11-5-3-6-12-23/h3-16,22,26,30,32,40H,17-21H2,1-2H3,(H2,38,44)(H2,39,45)(H,41,47)(H,42,48)(H,43,46)/t26?,30-,32-,37-/m0/s1. The van der Waals surface area contributed by atoms with Crippen LogP contribution in [0.1, 0.15) is 55.0 Å². The maximum Gasteiger partial charge on any atom is 0.246 e. The van der Waals surface area contributed by atoms with Gasteiger partial charge < -0.3 is 32.4 Å². The van der Waals surface area contributed by atoms with Gasteiger partial charge in [0.25, 0.3) is 0 Å². The molecule has 250 valence electrons. The van der Waals surface area contributed by atoms with Crippen LogP contribution in [0.4, 0.5) is 0 Å². The average Bonchev–Trinajstić information content (AvgIpc) is 3.43. The van der Waals surface area contributed by atoms with E-state index in [1.54, 1.807) is 13.8 Å². The van der Waals surface area contributed by atoms with E-state index in [1.807, 2.05) is 84.9 Å². The lowest BCUT2D eigenvalue weighted by atomic mass is 9.77. The molecule has 1 heterocycles. The number of H-pyrrole nitrogens is 1. The number of hydrogen-bond acceptors (Lipinski definition) is 5. The van der Waals surface area contributed by atoms with E-state index in [4.69, 9.17) is 11.5 Å². The summed E-state index contributed by atoms with van der Waals surface area (Å²) in [5.74, 6) is -4.31. The second kappa shape index (κ2) is 14.5. The van der Waals surface area contributed by atoms with Gasteiger partial charge in [-0.05, 0) is 47.9 Å². The Labute approximate surface area is 279 Å². The molecule has 3 aromatic carbocycles. The first-order chi connectivity index (χ1) is 23.0. The minimum absolute atomic E-state index is 0.189. The van der Waals surface area contributed by atoms with E-state index in [0.717, 1.165) is 33.3 Å². The molecule has 0 saturated heterocycles. The van der Waals surface area contributed by atoms with Gasteiger partial charge >= 0.3 is 0 Å². The molecule has 1 aromatic heterocycles. The van der Waals surface area contributed by atoms with Crippen LogP contribution in [0.25, 0.3) is 10.9 Å². The van der Waals surface area contributed by atoms with Gasteiger partial charge in [0.1, 0.15) is 17.6 Å². The molecule has 0 fully saturated rings. The van der Waals surface area contributed by atoms with E-state index in [1.165, 1.54) is 0 Å². The Morgan fingerprint density at radius 2 is 1.48 bits per heavy atom. The number of primary amides is 2. The van der Waals surface area contributed by atoms with Crippen molar-refractivity contribution in [2.45, 2.75) is 69.5 Å². The zero-order valence-corrected chi connectivity index (χ0v) is 27.1. The maximum atomic E-state index is 14.6. The number of para-hydroxylation sites is 1. The van der Waals surface area contributed by atoms with Crippen LogP contribution in [0, 0.1) is 5.92 Å². The van der Waals surface area contributed by atoms with Crippen molar-refractivity contribution in [3.05, 3.63) is 107 Å². The molecule has 0 bridgehead atoms. The summed E-state index contributed by atoms with van der Waals surface area (Å²) in [7, 11) is 0. The number of fused-ring (bicyclic) bond motifs is 3. The van der Waals surface area contributed by atoms with Gasteiger partial charge in [0.2, 0.25) is 29.5 Å². The summed E-state index contributed by atoms with van der Waals surface area (Å²) in [4.78, 5) is 69.5. The fourth-order valence-corrected chi connectivity index (χ4v) is 6.48. The number of rotatable bonds is 13. The zero-order valence-electron chi connectivity index (χ0n) is 27.1. The van der Waals surface area contributed by atoms with E-state index in [9.17, 15) is 24.0 Å². The van der Waals surface area contributed by atoms with Crippen LogP contribution in [0.2, 0.25) is 0 Å². The number of nitrogens with two attached hydrogens (primary N) is 2. The molecule has 11 heteroatoms. The monoisotopic (exact) mass is 650 g/mol. The van der Waals surface area contributed by atoms with Crippen LogP contribution in [0.15, 0.2) is 84.9 Å². The lowest BCUT2D eigenvalue weighted by Gasteiger charge is -2.39. The third kappa shape index (κ3) is 7.57. The molecule has 0 saturated carbocycles. The third-order valence-corrected chi connectivity index (χ3v) is 9.08. The van der Waals surface area contributed by atoms with Gasteiger partial charge in [0.15, 0.2) is 0 Å². The third-order valence-electron chi connectivity index (χ3n) is 9.08. The average molecular weight is 651 g/mol. The summed E-state index contributed by atoms with van der Waals surface area (Å²) in [6.45, 7) is 3.49. The van der Waals surface area contributed by atoms with Crippen molar-refractivity contribution in [1.82, 2.24) is 20.9 Å². The number of carbonyl (C=O) groups excluding carboxylic acids is 5. The van der Waals surface area contributed by atoms with E-state index >= 15 is 0 Å². The Morgan fingerprint density at radius 3 is 2.12 bits per heavy atom. The molecule has 1 unspecified atom stereocenters. The van der Waals surface area contributed by atoms with E-state index in [0.29, 0.717) is 12.8 Å². The van der Waals surface area contributed by atoms with Crippen molar-refractivity contribution in [3.63, 3.8) is 0 Å². The molecule has 1 aliphatic rings. The van der Waals surface area contributed by atoms with E-state index < -0.39 is 59.5 Å². The number of benzene rings is 3. The predicted molar refractivity (Wildman–Crippen MR) is 182 cm³/mol. The lowest BCUT2D eigenvalue weighted by molar-refractivity contribution is -0.138. The Hall–Kier alpha value is -5.45. The summed E-state index contributed by atoms with van der Waals surface area (Å²) in [6.07, 6.45) is 0.876. The van der Waals surface area contributed by atoms with Gasteiger partial charge in [-0.1, -0.05) is 92.7 Å². The van der Waals surface area contributed by atoms with E-state index in [2.05, 4.69) is 20.9 Å². The molecule has 5 amide bonds. The highest BCUT2D eigenvalue weighted by atomic mass is 16.2. The number of aryl methyl sites for hydroxylation is 1. The van der Waals surface area contributed by atoms with Crippen LogP contribution in [0.3, 0.4) is 0 Å². The first-order valence-electron chi connectivity index (χ1n) is 16.2. The minimum atomic E-state index is -1.41. The van der Waals surface area contributed by atoms with Crippen molar-refractivity contribution in [2.75, 3.05) is 0 Å². The quantitative estimate of drug-likeness (QED) is 0.129. The summed E-state index contributed by atoms with van der Waals surface area (Å²) in [6, 6.07) is 24.5. The molecule has 1 aliphatic carbocycles. The van der Waals surface area contributed by atoms with Gasteiger partial charge in [-0.3, -0.25) is 24.0 Å². The largest absolute Gasteiger partial charge is 0.370 e. The van der Waals surface area contributed by atoms with Crippen LogP contribution < -0.4 is 27.4 Å². The van der Waals surface area contributed by atoms with Gasteiger partial charge in [-0.2, -0.15) is 0 Å².